The Morgan fingerprint density at radius 1 is 1.17 bits per heavy atom. The van der Waals surface area contributed by atoms with Crippen molar-refractivity contribution in [1.82, 2.24) is 29.9 Å². The van der Waals surface area contributed by atoms with E-state index in [1.807, 2.05) is 24.8 Å². The number of nitrogen functional groups attached to an aromatic ring is 1. The van der Waals surface area contributed by atoms with Gasteiger partial charge in [-0.3, -0.25) is 4.90 Å². The second-order valence-electron chi connectivity index (χ2n) is 8.62. The number of anilines is 2. The molecule has 9 nitrogen and oxygen atoms in total. The van der Waals surface area contributed by atoms with Crippen LogP contribution in [0.25, 0.3) is 0 Å². The van der Waals surface area contributed by atoms with Gasteiger partial charge < -0.3 is 15.4 Å². The predicted molar refractivity (Wildman–Crippen MR) is 116 cm³/mol. The summed E-state index contributed by atoms with van der Waals surface area (Å²) in [6.45, 7) is 11.1. The van der Waals surface area contributed by atoms with Crippen LogP contribution in [0.4, 0.5) is 11.8 Å². The molecule has 3 heterocycles. The largest absolute Gasteiger partial charge is 0.379 e. The van der Waals surface area contributed by atoms with Crippen LogP contribution in [0.15, 0.2) is 12.3 Å². The topological polar surface area (TPSA) is 98.2 Å². The van der Waals surface area contributed by atoms with Crippen molar-refractivity contribution in [1.29, 1.82) is 0 Å². The lowest BCUT2D eigenvalue weighted by Gasteiger charge is -2.36. The molecule has 4 rings (SSSR count). The molecule has 2 N–H and O–H groups in total. The molecule has 0 amide bonds. The summed E-state index contributed by atoms with van der Waals surface area (Å²) in [6, 6.07) is 2.24. The zero-order valence-electron chi connectivity index (χ0n) is 18.5. The average Bonchev–Trinajstić information content (AvgIpc) is 3.36. The molecule has 1 saturated heterocycles. The van der Waals surface area contributed by atoms with Gasteiger partial charge in [0.05, 0.1) is 24.0 Å². The van der Waals surface area contributed by atoms with Crippen molar-refractivity contribution in [3.8, 4) is 0 Å². The highest BCUT2D eigenvalue weighted by Crippen LogP contribution is 2.43. The Morgan fingerprint density at radius 3 is 2.57 bits per heavy atom. The van der Waals surface area contributed by atoms with Gasteiger partial charge in [-0.25, -0.2) is 9.67 Å². The molecule has 0 aromatic carbocycles. The number of aryl methyl sites for hydroxylation is 1. The van der Waals surface area contributed by atoms with E-state index in [0.29, 0.717) is 17.8 Å². The molecule has 0 unspecified atom stereocenters. The Morgan fingerprint density at radius 2 is 1.90 bits per heavy atom. The van der Waals surface area contributed by atoms with Gasteiger partial charge in [0.2, 0.25) is 5.95 Å². The van der Waals surface area contributed by atoms with Crippen LogP contribution in [0.1, 0.15) is 44.1 Å². The zero-order valence-corrected chi connectivity index (χ0v) is 18.5. The summed E-state index contributed by atoms with van der Waals surface area (Å²) < 4.78 is 7.96. The highest BCUT2D eigenvalue weighted by atomic mass is 16.5. The van der Waals surface area contributed by atoms with Crippen LogP contribution in [0.3, 0.4) is 0 Å². The van der Waals surface area contributed by atoms with Crippen LogP contribution in [0.2, 0.25) is 0 Å². The first-order chi connectivity index (χ1) is 14.5. The summed E-state index contributed by atoms with van der Waals surface area (Å²) in [6.07, 6.45) is 4.31. The maximum Gasteiger partial charge on any atom is 0.222 e. The van der Waals surface area contributed by atoms with E-state index in [1.165, 1.54) is 0 Å². The van der Waals surface area contributed by atoms with E-state index in [0.717, 1.165) is 62.8 Å². The first kappa shape index (κ1) is 21.0. The van der Waals surface area contributed by atoms with E-state index in [-0.39, 0.29) is 12.1 Å². The number of rotatable bonds is 7. The number of hydrogen-bond donors (Lipinski definition) is 1. The first-order valence-electron chi connectivity index (χ1n) is 11.0. The molecular formula is C21H34N8O. The van der Waals surface area contributed by atoms with Crippen molar-refractivity contribution >= 4 is 11.8 Å². The highest BCUT2D eigenvalue weighted by Gasteiger charge is 2.44. The maximum atomic E-state index is 5.92. The molecule has 30 heavy (non-hydrogen) atoms. The lowest BCUT2D eigenvalue weighted by Crippen LogP contribution is -2.37. The molecule has 2 aliphatic rings. The summed E-state index contributed by atoms with van der Waals surface area (Å²) in [7, 11) is 1.81. The Labute approximate surface area is 178 Å². The molecular weight excluding hydrogens is 380 g/mol. The van der Waals surface area contributed by atoms with Gasteiger partial charge in [0.25, 0.3) is 0 Å². The van der Waals surface area contributed by atoms with Gasteiger partial charge in [-0.1, -0.05) is 19.1 Å². The molecule has 1 saturated carbocycles. The lowest BCUT2D eigenvalue weighted by molar-refractivity contribution is -0.00543. The van der Waals surface area contributed by atoms with Gasteiger partial charge in [-0.2, -0.15) is 4.98 Å². The number of fused-ring (bicyclic) bond motifs is 1. The van der Waals surface area contributed by atoms with Crippen molar-refractivity contribution in [2.75, 3.05) is 43.9 Å². The Kier molecular flexibility index (Phi) is 6.19. The van der Waals surface area contributed by atoms with E-state index < -0.39 is 0 Å². The van der Waals surface area contributed by atoms with Gasteiger partial charge in [0, 0.05) is 38.5 Å². The van der Waals surface area contributed by atoms with Crippen molar-refractivity contribution in [3.05, 3.63) is 23.7 Å². The van der Waals surface area contributed by atoms with E-state index in [9.17, 15) is 0 Å². The number of ether oxygens (including phenoxy) is 1. The molecule has 1 aliphatic heterocycles. The molecule has 0 radical (unpaired) electrons. The normalized spacial score (nSPS) is 26.4. The van der Waals surface area contributed by atoms with Crippen LogP contribution in [0.5, 0.6) is 0 Å². The summed E-state index contributed by atoms with van der Waals surface area (Å²) in [4.78, 5) is 13.4. The van der Waals surface area contributed by atoms with E-state index in [1.54, 1.807) is 0 Å². The summed E-state index contributed by atoms with van der Waals surface area (Å²) in [5, 5.41) is 8.92. The molecule has 2 fully saturated rings. The Balaban J connectivity index is 1.48. The summed E-state index contributed by atoms with van der Waals surface area (Å²) in [5.41, 5.74) is 7.81. The number of hydrogen-bond acceptors (Lipinski definition) is 8. The minimum Gasteiger partial charge on any atom is -0.379 e. The van der Waals surface area contributed by atoms with E-state index in [2.05, 4.69) is 50.1 Å². The van der Waals surface area contributed by atoms with Crippen molar-refractivity contribution in [2.45, 2.75) is 52.3 Å². The molecule has 0 bridgehead atoms. The van der Waals surface area contributed by atoms with Crippen LogP contribution in [0, 0.1) is 18.8 Å². The molecule has 2 aromatic heterocycles. The van der Waals surface area contributed by atoms with Gasteiger partial charge in [-0.05, 0) is 44.7 Å². The van der Waals surface area contributed by atoms with E-state index in [4.69, 9.17) is 10.5 Å². The fourth-order valence-corrected chi connectivity index (χ4v) is 5.07. The average molecular weight is 415 g/mol. The van der Waals surface area contributed by atoms with E-state index >= 15 is 0 Å². The predicted octanol–water partition coefficient (Wildman–Crippen LogP) is 1.90. The molecule has 9 heteroatoms. The third kappa shape index (κ3) is 4.27. The fourth-order valence-electron chi connectivity index (χ4n) is 5.07. The van der Waals surface area contributed by atoms with Gasteiger partial charge in [0.1, 0.15) is 5.82 Å². The minimum atomic E-state index is 0.145. The molecule has 0 spiro atoms. The highest BCUT2D eigenvalue weighted by molar-refractivity contribution is 5.44. The smallest absolute Gasteiger partial charge is 0.222 e. The number of methoxy groups -OCH3 is 1. The van der Waals surface area contributed by atoms with Crippen molar-refractivity contribution in [3.63, 3.8) is 0 Å². The van der Waals surface area contributed by atoms with Crippen LogP contribution in [-0.2, 0) is 11.3 Å². The first-order valence-corrected chi connectivity index (χ1v) is 11.0. The van der Waals surface area contributed by atoms with Gasteiger partial charge >= 0.3 is 0 Å². The molecule has 4 atom stereocenters. The Bertz CT molecular complexity index is 831. The number of aromatic nitrogens is 5. The van der Waals surface area contributed by atoms with Crippen LogP contribution >= 0.6 is 0 Å². The summed E-state index contributed by atoms with van der Waals surface area (Å²) in [5.74, 6) is 2.44. The van der Waals surface area contributed by atoms with Crippen LogP contribution in [-0.4, -0.2) is 69.3 Å². The quantitative estimate of drug-likeness (QED) is 0.734. The maximum absolute atomic E-state index is 5.92. The molecule has 164 valence electrons. The monoisotopic (exact) mass is 414 g/mol. The number of nitrogens with two attached hydrogens (primary N) is 1. The number of nitrogens with zero attached hydrogens (tertiary/aromatic N) is 7. The van der Waals surface area contributed by atoms with Crippen molar-refractivity contribution < 1.29 is 4.74 Å². The van der Waals surface area contributed by atoms with Crippen molar-refractivity contribution in [2.24, 2.45) is 11.8 Å². The second kappa shape index (κ2) is 8.85. The fraction of sp³-hybridized carbons (Fsp3) is 0.714. The third-order valence-electron chi connectivity index (χ3n) is 6.75. The molecule has 2 aromatic rings. The van der Waals surface area contributed by atoms with Gasteiger partial charge in [0.15, 0.2) is 0 Å². The standard InChI is InChI=1S/C21H34N8O/c1-5-27(6-2)12-17-13-29(26-25-17)18-8-15-10-28(11-16(15)9-19(18)30-4)20-7-14(3)23-21(22)24-20/h7,13,15-16,18-19H,5-6,8-12H2,1-4H3,(H2,22,23,24)/t15-,16+,18-,19-/m1/s1. The minimum absolute atomic E-state index is 0.145. The SMILES string of the molecule is CCN(CC)Cc1cn([C@@H]2C[C@@H]3CN(c4cc(C)nc(N)n4)C[C@@H]3C[C@H]2OC)nn1. The summed E-state index contributed by atoms with van der Waals surface area (Å²) >= 11 is 0. The third-order valence-corrected chi connectivity index (χ3v) is 6.75. The van der Waals surface area contributed by atoms with Gasteiger partial charge in [-0.15, -0.1) is 5.10 Å². The molecule has 1 aliphatic carbocycles. The zero-order chi connectivity index (χ0) is 21.3. The second-order valence-corrected chi connectivity index (χ2v) is 8.62. The lowest BCUT2D eigenvalue weighted by atomic mass is 9.77. The Hall–Kier alpha value is -2.26. The van der Waals surface area contributed by atoms with Crippen LogP contribution < -0.4 is 10.6 Å².